The van der Waals surface area contributed by atoms with Crippen LogP contribution in [0.25, 0.3) is 0 Å². The smallest absolute Gasteiger partial charge is 0.175 e. The molecule has 3 heteroatoms. The summed E-state index contributed by atoms with van der Waals surface area (Å²) < 4.78 is 22.7. The number of sulfone groups is 1. The highest BCUT2D eigenvalue weighted by atomic mass is 32.2. The maximum absolute atomic E-state index is 11.4. The Labute approximate surface area is 115 Å². The number of benzene rings is 2. The molecular weight excluding hydrogens is 256 g/mol. The zero-order chi connectivity index (χ0) is 13.9. The van der Waals surface area contributed by atoms with Crippen molar-refractivity contribution in [3.8, 4) is 0 Å². The van der Waals surface area contributed by atoms with Gasteiger partial charge in [-0.05, 0) is 41.7 Å². The van der Waals surface area contributed by atoms with Crippen LogP contribution in [0.5, 0.6) is 0 Å². The molecule has 0 fully saturated rings. The second-order valence-corrected chi connectivity index (χ2v) is 6.78. The second-order valence-electron chi connectivity index (χ2n) is 4.76. The standard InChI is InChI=1S/C16H18O2S/c1-3-13-4-6-14(7-5-13)12-15-8-10-16(11-9-15)19(2,17)18/h4-11H,3,12H2,1-2H3. The number of rotatable bonds is 4. The monoisotopic (exact) mass is 274 g/mol. The Kier molecular flexibility index (Phi) is 4.05. The SMILES string of the molecule is CCc1ccc(Cc2ccc(S(C)(=O)=O)cc2)cc1. The van der Waals surface area contributed by atoms with E-state index in [-0.39, 0.29) is 0 Å². The zero-order valence-electron chi connectivity index (χ0n) is 11.3. The van der Waals surface area contributed by atoms with Crippen LogP contribution in [0.15, 0.2) is 53.4 Å². The molecule has 0 N–H and O–H groups in total. The Morgan fingerprint density at radius 3 is 1.63 bits per heavy atom. The minimum Gasteiger partial charge on any atom is -0.224 e. The Morgan fingerprint density at radius 1 is 0.789 bits per heavy atom. The predicted molar refractivity (Wildman–Crippen MR) is 78.2 cm³/mol. The van der Waals surface area contributed by atoms with Gasteiger partial charge >= 0.3 is 0 Å². The summed E-state index contributed by atoms with van der Waals surface area (Å²) in [5.74, 6) is 0. The first-order valence-corrected chi connectivity index (χ1v) is 8.25. The van der Waals surface area contributed by atoms with Crippen molar-refractivity contribution in [2.45, 2.75) is 24.7 Å². The van der Waals surface area contributed by atoms with E-state index in [0.29, 0.717) is 4.90 Å². The van der Waals surface area contributed by atoms with Gasteiger partial charge in [0, 0.05) is 6.26 Å². The van der Waals surface area contributed by atoms with E-state index >= 15 is 0 Å². The number of aryl methyl sites for hydroxylation is 1. The molecule has 0 bridgehead atoms. The van der Waals surface area contributed by atoms with Crippen molar-refractivity contribution >= 4 is 9.84 Å². The number of hydrogen-bond donors (Lipinski definition) is 0. The lowest BCUT2D eigenvalue weighted by molar-refractivity contribution is 0.602. The van der Waals surface area contributed by atoms with Crippen LogP contribution in [-0.4, -0.2) is 14.7 Å². The summed E-state index contributed by atoms with van der Waals surface area (Å²) in [6.45, 7) is 2.14. The quantitative estimate of drug-likeness (QED) is 0.857. The highest BCUT2D eigenvalue weighted by Gasteiger charge is 2.06. The van der Waals surface area contributed by atoms with Gasteiger partial charge in [-0.25, -0.2) is 8.42 Å². The summed E-state index contributed by atoms with van der Waals surface area (Å²) in [6, 6.07) is 15.6. The normalized spacial score (nSPS) is 11.5. The fourth-order valence-corrected chi connectivity index (χ4v) is 2.61. The predicted octanol–water partition coefficient (Wildman–Crippen LogP) is 3.24. The van der Waals surface area contributed by atoms with Gasteiger partial charge in [-0.15, -0.1) is 0 Å². The lowest BCUT2D eigenvalue weighted by Gasteiger charge is -2.04. The van der Waals surface area contributed by atoms with E-state index in [1.54, 1.807) is 12.1 Å². The third-order valence-corrected chi connectivity index (χ3v) is 4.32. The molecule has 2 rings (SSSR count). The molecule has 0 spiro atoms. The van der Waals surface area contributed by atoms with Crippen LogP contribution < -0.4 is 0 Å². The molecule has 2 nitrogen and oxygen atoms in total. The molecule has 0 radical (unpaired) electrons. The number of hydrogen-bond acceptors (Lipinski definition) is 2. The molecule has 0 atom stereocenters. The first kappa shape index (κ1) is 13.8. The molecule has 0 aliphatic heterocycles. The molecule has 0 amide bonds. The van der Waals surface area contributed by atoms with Crippen LogP contribution >= 0.6 is 0 Å². The molecule has 0 aliphatic rings. The van der Waals surface area contributed by atoms with Crippen molar-refractivity contribution in [3.63, 3.8) is 0 Å². The van der Waals surface area contributed by atoms with Crippen molar-refractivity contribution in [2.24, 2.45) is 0 Å². The molecule has 0 saturated heterocycles. The molecule has 0 aliphatic carbocycles. The summed E-state index contributed by atoms with van der Waals surface area (Å²) >= 11 is 0. The Bertz CT molecular complexity index is 638. The van der Waals surface area contributed by atoms with Crippen LogP contribution in [0, 0.1) is 0 Å². The maximum Gasteiger partial charge on any atom is 0.175 e. The minimum atomic E-state index is -3.10. The van der Waals surface area contributed by atoms with Gasteiger partial charge in [-0.1, -0.05) is 43.3 Å². The van der Waals surface area contributed by atoms with E-state index in [9.17, 15) is 8.42 Å². The highest BCUT2D eigenvalue weighted by molar-refractivity contribution is 7.90. The topological polar surface area (TPSA) is 34.1 Å². The molecule has 2 aromatic rings. The van der Waals surface area contributed by atoms with Gasteiger partial charge in [0.2, 0.25) is 0 Å². The molecule has 0 unspecified atom stereocenters. The molecule has 19 heavy (non-hydrogen) atoms. The summed E-state index contributed by atoms with van der Waals surface area (Å²) in [7, 11) is -3.10. The summed E-state index contributed by atoms with van der Waals surface area (Å²) in [5.41, 5.74) is 3.69. The first-order chi connectivity index (χ1) is 8.99. The van der Waals surface area contributed by atoms with Gasteiger partial charge in [-0.3, -0.25) is 0 Å². The van der Waals surface area contributed by atoms with Crippen LogP contribution in [0.2, 0.25) is 0 Å². The highest BCUT2D eigenvalue weighted by Crippen LogP contribution is 2.14. The average molecular weight is 274 g/mol. The fraction of sp³-hybridized carbons (Fsp3) is 0.250. The minimum absolute atomic E-state index is 0.373. The van der Waals surface area contributed by atoms with E-state index in [0.717, 1.165) is 18.4 Å². The van der Waals surface area contributed by atoms with Crippen LogP contribution in [0.3, 0.4) is 0 Å². The molecular formula is C16H18O2S. The molecule has 2 aromatic carbocycles. The van der Waals surface area contributed by atoms with Gasteiger partial charge in [-0.2, -0.15) is 0 Å². The van der Waals surface area contributed by atoms with Crippen molar-refractivity contribution in [1.82, 2.24) is 0 Å². The van der Waals surface area contributed by atoms with Crippen molar-refractivity contribution in [1.29, 1.82) is 0 Å². The first-order valence-electron chi connectivity index (χ1n) is 6.36. The second kappa shape index (κ2) is 5.57. The fourth-order valence-electron chi connectivity index (χ4n) is 1.98. The summed E-state index contributed by atoms with van der Waals surface area (Å²) in [5, 5.41) is 0. The van der Waals surface area contributed by atoms with Gasteiger partial charge < -0.3 is 0 Å². The Hall–Kier alpha value is -1.61. The molecule has 0 aromatic heterocycles. The largest absolute Gasteiger partial charge is 0.224 e. The van der Waals surface area contributed by atoms with E-state index < -0.39 is 9.84 Å². The van der Waals surface area contributed by atoms with Crippen LogP contribution in [0.4, 0.5) is 0 Å². The molecule has 100 valence electrons. The summed E-state index contributed by atoms with van der Waals surface area (Å²) in [4.78, 5) is 0.373. The third kappa shape index (κ3) is 3.67. The Balaban J connectivity index is 2.15. The van der Waals surface area contributed by atoms with Crippen molar-refractivity contribution in [3.05, 3.63) is 65.2 Å². The third-order valence-electron chi connectivity index (χ3n) is 3.19. The molecule has 0 saturated carbocycles. The lowest BCUT2D eigenvalue weighted by atomic mass is 10.0. The van der Waals surface area contributed by atoms with E-state index in [2.05, 4.69) is 31.2 Å². The van der Waals surface area contributed by atoms with E-state index in [4.69, 9.17) is 0 Å². The Morgan fingerprint density at radius 2 is 1.21 bits per heavy atom. The van der Waals surface area contributed by atoms with Gasteiger partial charge in [0.15, 0.2) is 9.84 Å². The molecule has 0 heterocycles. The maximum atomic E-state index is 11.4. The van der Waals surface area contributed by atoms with E-state index in [1.807, 2.05) is 12.1 Å². The summed E-state index contributed by atoms with van der Waals surface area (Å²) in [6.07, 6.45) is 3.10. The van der Waals surface area contributed by atoms with Crippen molar-refractivity contribution in [2.75, 3.05) is 6.26 Å². The lowest BCUT2D eigenvalue weighted by Crippen LogP contribution is -1.97. The van der Waals surface area contributed by atoms with Crippen molar-refractivity contribution < 1.29 is 8.42 Å². The van der Waals surface area contributed by atoms with Crippen LogP contribution in [-0.2, 0) is 22.7 Å². The van der Waals surface area contributed by atoms with Gasteiger partial charge in [0.05, 0.1) is 4.90 Å². The zero-order valence-corrected chi connectivity index (χ0v) is 12.1. The van der Waals surface area contributed by atoms with Gasteiger partial charge in [0.25, 0.3) is 0 Å². The average Bonchev–Trinajstić information content (AvgIpc) is 2.39. The van der Waals surface area contributed by atoms with Gasteiger partial charge in [0.1, 0.15) is 0 Å². The van der Waals surface area contributed by atoms with Crippen LogP contribution in [0.1, 0.15) is 23.6 Å². The van der Waals surface area contributed by atoms with E-state index in [1.165, 1.54) is 17.4 Å².